The molecule has 0 aromatic heterocycles. The largest absolute Gasteiger partial charge is 0.393 e. The van der Waals surface area contributed by atoms with Gasteiger partial charge in [0.15, 0.2) is 0 Å². The van der Waals surface area contributed by atoms with Crippen LogP contribution in [0, 0.1) is 34.5 Å². The topological polar surface area (TPSA) is 70.9 Å². The molecule has 8 atom stereocenters. The molecule has 0 aromatic rings. The normalized spacial score (nSPS) is 52.2. The second kappa shape index (κ2) is 6.80. The minimum Gasteiger partial charge on any atom is -0.393 e. The lowest BCUT2D eigenvalue weighted by Crippen LogP contribution is -2.57. The minimum absolute atomic E-state index is 0.117. The first kappa shape index (κ1) is 19.0. The predicted octanol–water partition coefficient (Wildman–Crippen LogP) is 3.30. The highest BCUT2D eigenvalue weighted by atomic mass is 16.6. The van der Waals surface area contributed by atoms with Crippen LogP contribution in [-0.4, -0.2) is 41.9 Å². The van der Waals surface area contributed by atoms with E-state index in [1.807, 2.05) is 0 Å². The van der Waals surface area contributed by atoms with E-state index in [0.717, 1.165) is 76.6 Å². The molecule has 0 bridgehead atoms. The number of fused-ring (bicyclic) bond motifs is 5. The number of nitrogens with one attached hydrogen (secondary N) is 1. The number of carbonyl (C=O) groups is 1. The van der Waals surface area contributed by atoms with Crippen molar-refractivity contribution in [2.24, 2.45) is 39.7 Å². The Balaban J connectivity index is 1.34. The molecule has 2 unspecified atom stereocenters. The molecule has 0 amide bonds. The number of oxime groups is 1. The first-order chi connectivity index (χ1) is 13.4. The highest BCUT2D eigenvalue weighted by Crippen LogP contribution is 2.65. The quantitative estimate of drug-likeness (QED) is 0.712. The second-order valence-corrected chi connectivity index (χ2v) is 10.8. The molecule has 1 saturated heterocycles. The molecule has 5 aliphatic rings. The summed E-state index contributed by atoms with van der Waals surface area (Å²) in [5, 5.41) is 19.0. The zero-order valence-corrected chi connectivity index (χ0v) is 17.5. The summed E-state index contributed by atoms with van der Waals surface area (Å²) in [5.41, 5.74) is 1.20. The summed E-state index contributed by atoms with van der Waals surface area (Å²) in [6.07, 6.45) is 8.80. The Morgan fingerprint density at radius 2 is 1.96 bits per heavy atom. The van der Waals surface area contributed by atoms with Crippen molar-refractivity contribution in [1.82, 2.24) is 5.32 Å². The van der Waals surface area contributed by atoms with Gasteiger partial charge in [0.05, 0.1) is 11.8 Å². The fourth-order valence-corrected chi connectivity index (χ4v) is 7.82. The summed E-state index contributed by atoms with van der Waals surface area (Å²) < 4.78 is 0. The van der Waals surface area contributed by atoms with Crippen LogP contribution in [0.3, 0.4) is 0 Å². The zero-order valence-electron chi connectivity index (χ0n) is 17.5. The smallest absolute Gasteiger partial charge is 0.141 e. The minimum atomic E-state index is -0.275. The maximum absolute atomic E-state index is 12.6. The van der Waals surface area contributed by atoms with Gasteiger partial charge in [-0.25, -0.2) is 0 Å². The van der Waals surface area contributed by atoms with Crippen molar-refractivity contribution in [2.45, 2.75) is 83.8 Å². The lowest BCUT2D eigenvalue weighted by Gasteiger charge is -2.60. The van der Waals surface area contributed by atoms with Crippen molar-refractivity contribution in [1.29, 1.82) is 0 Å². The molecule has 0 spiro atoms. The summed E-state index contributed by atoms with van der Waals surface area (Å²) >= 11 is 0. The predicted molar refractivity (Wildman–Crippen MR) is 108 cm³/mol. The molecule has 5 heteroatoms. The molecule has 1 aliphatic heterocycles. The molecule has 156 valence electrons. The van der Waals surface area contributed by atoms with Crippen LogP contribution in [0.1, 0.15) is 71.6 Å². The van der Waals surface area contributed by atoms with Gasteiger partial charge in [0.25, 0.3) is 0 Å². The number of hydrogen-bond donors (Lipinski definition) is 2. The van der Waals surface area contributed by atoms with E-state index in [2.05, 4.69) is 24.3 Å². The van der Waals surface area contributed by atoms with Crippen molar-refractivity contribution < 1.29 is 14.7 Å². The Morgan fingerprint density at radius 1 is 1.11 bits per heavy atom. The van der Waals surface area contributed by atoms with Gasteiger partial charge in [-0.05, 0) is 80.6 Å². The lowest BCUT2D eigenvalue weighted by atomic mass is 9.44. The van der Waals surface area contributed by atoms with Gasteiger partial charge in [-0.2, -0.15) is 0 Å². The van der Waals surface area contributed by atoms with E-state index in [1.54, 1.807) is 0 Å². The Bertz CT molecular complexity index is 673. The van der Waals surface area contributed by atoms with E-state index < -0.39 is 0 Å². The fourth-order valence-electron chi connectivity index (χ4n) is 7.82. The number of hydrogen-bond acceptors (Lipinski definition) is 5. The SMILES string of the molecule is C[C@]12CC/C(=N/O[C@H]3CCNC3)CC1C(O)C[C@@H]1[C@H]2CC[C@]2(C)C(=O)CC[C@@H]12. The molecule has 4 aliphatic carbocycles. The average molecular weight is 389 g/mol. The number of nitrogens with zero attached hydrogens (tertiary/aromatic N) is 1. The number of Topliss-reactive ketones (excluding diaryl/α,β-unsaturated/α-hetero) is 1. The van der Waals surface area contributed by atoms with Crippen molar-refractivity contribution in [3.8, 4) is 0 Å². The van der Waals surface area contributed by atoms with E-state index in [0.29, 0.717) is 23.5 Å². The Morgan fingerprint density at radius 3 is 2.75 bits per heavy atom. The number of aliphatic hydroxyl groups excluding tert-OH is 1. The number of rotatable bonds is 2. The van der Waals surface area contributed by atoms with E-state index >= 15 is 0 Å². The third-order valence-corrected chi connectivity index (χ3v) is 9.57. The fraction of sp³-hybridized carbons (Fsp3) is 0.913. The molecular formula is C23H36N2O3. The second-order valence-electron chi connectivity index (χ2n) is 10.8. The molecule has 1 heterocycles. The Kier molecular flexibility index (Phi) is 4.63. The molecule has 5 fully saturated rings. The van der Waals surface area contributed by atoms with E-state index in [4.69, 9.17) is 4.84 Å². The first-order valence-electron chi connectivity index (χ1n) is 11.6. The molecular weight excluding hydrogens is 352 g/mol. The Labute approximate surface area is 168 Å². The number of aliphatic hydroxyl groups is 1. The van der Waals surface area contributed by atoms with Gasteiger partial charge >= 0.3 is 0 Å². The van der Waals surface area contributed by atoms with Crippen molar-refractivity contribution in [3.63, 3.8) is 0 Å². The van der Waals surface area contributed by atoms with E-state index in [1.165, 1.54) is 0 Å². The standard InChI is InChI=1S/C23H36N2O3/c1-22-8-5-14(25-28-15-7-10-24-13-15)11-19(22)20(26)12-16-17-3-4-21(27)23(17,2)9-6-18(16)22/h15-20,24,26H,3-13H2,1-2H3/b25-14-/t15-,16-,17-,18+,19?,20?,22+,23-/m0/s1. The summed E-state index contributed by atoms with van der Waals surface area (Å²) in [6.45, 7) is 6.55. The third-order valence-electron chi connectivity index (χ3n) is 9.57. The van der Waals surface area contributed by atoms with Crippen LogP contribution in [0.2, 0.25) is 0 Å². The van der Waals surface area contributed by atoms with Gasteiger partial charge in [0, 0.05) is 24.8 Å². The van der Waals surface area contributed by atoms with Gasteiger partial charge in [0.1, 0.15) is 11.9 Å². The molecule has 5 rings (SSSR count). The summed E-state index contributed by atoms with van der Waals surface area (Å²) in [6, 6.07) is 0. The van der Waals surface area contributed by atoms with Crippen LogP contribution in [0.25, 0.3) is 0 Å². The molecule has 0 radical (unpaired) electrons. The van der Waals surface area contributed by atoms with E-state index in [-0.39, 0.29) is 29.0 Å². The van der Waals surface area contributed by atoms with Gasteiger partial charge < -0.3 is 15.3 Å². The highest BCUT2D eigenvalue weighted by molar-refractivity contribution is 5.87. The maximum Gasteiger partial charge on any atom is 0.141 e. The monoisotopic (exact) mass is 388 g/mol. The summed E-state index contributed by atoms with van der Waals surface area (Å²) in [5.74, 6) is 2.41. The van der Waals surface area contributed by atoms with Crippen LogP contribution in [0.15, 0.2) is 5.16 Å². The maximum atomic E-state index is 12.6. The molecule has 5 nitrogen and oxygen atoms in total. The van der Waals surface area contributed by atoms with Gasteiger partial charge in [-0.15, -0.1) is 0 Å². The highest BCUT2D eigenvalue weighted by Gasteiger charge is 2.61. The molecule has 0 aromatic carbocycles. The number of carbonyl (C=O) groups excluding carboxylic acids is 1. The van der Waals surface area contributed by atoms with Crippen molar-refractivity contribution >= 4 is 11.5 Å². The zero-order chi connectivity index (χ0) is 19.5. The van der Waals surface area contributed by atoms with Gasteiger partial charge in [-0.3, -0.25) is 4.79 Å². The first-order valence-corrected chi connectivity index (χ1v) is 11.6. The van der Waals surface area contributed by atoms with Gasteiger partial charge in [0.2, 0.25) is 0 Å². The lowest BCUT2D eigenvalue weighted by molar-refractivity contribution is -0.153. The molecule has 2 N–H and O–H groups in total. The van der Waals surface area contributed by atoms with Crippen molar-refractivity contribution in [3.05, 3.63) is 0 Å². The molecule has 28 heavy (non-hydrogen) atoms. The van der Waals surface area contributed by atoms with Crippen LogP contribution in [-0.2, 0) is 9.63 Å². The summed E-state index contributed by atoms with van der Waals surface area (Å²) in [4.78, 5) is 18.4. The summed E-state index contributed by atoms with van der Waals surface area (Å²) in [7, 11) is 0. The van der Waals surface area contributed by atoms with Crippen LogP contribution in [0.4, 0.5) is 0 Å². The third kappa shape index (κ3) is 2.79. The van der Waals surface area contributed by atoms with Crippen LogP contribution < -0.4 is 5.32 Å². The average Bonchev–Trinajstić information content (AvgIpc) is 3.29. The number of ketones is 1. The molecule has 4 saturated carbocycles. The Hall–Kier alpha value is -0.940. The van der Waals surface area contributed by atoms with Crippen LogP contribution in [0.5, 0.6) is 0 Å². The van der Waals surface area contributed by atoms with Crippen molar-refractivity contribution in [2.75, 3.05) is 13.1 Å². The van der Waals surface area contributed by atoms with Gasteiger partial charge in [-0.1, -0.05) is 19.0 Å². The van der Waals surface area contributed by atoms with E-state index in [9.17, 15) is 9.90 Å². The van der Waals surface area contributed by atoms with Crippen LogP contribution >= 0.6 is 0 Å².